The number of para-hydroxylation sites is 1. The van der Waals surface area contributed by atoms with Gasteiger partial charge in [0, 0.05) is 24.5 Å². The molecule has 4 rings (SSSR count). The van der Waals surface area contributed by atoms with Gasteiger partial charge in [0.1, 0.15) is 12.4 Å². The van der Waals surface area contributed by atoms with Crippen molar-refractivity contribution in [1.82, 2.24) is 24.9 Å². The lowest BCUT2D eigenvalue weighted by molar-refractivity contribution is -0.122. The van der Waals surface area contributed by atoms with Crippen LogP contribution >= 0.6 is 0 Å². The van der Waals surface area contributed by atoms with Crippen molar-refractivity contribution in [1.29, 1.82) is 0 Å². The molecule has 2 amide bonds. The molecular weight excluding hydrogens is 411 g/mol. The SMILES string of the molecule is Cc1ccccc1-n1cc(CNC(=O)Cn2cc(NC(=O)c3ccccc3F)cn2)cn1. The van der Waals surface area contributed by atoms with Gasteiger partial charge in [-0.05, 0) is 30.7 Å². The summed E-state index contributed by atoms with van der Waals surface area (Å²) in [5.74, 6) is -1.44. The van der Waals surface area contributed by atoms with Crippen molar-refractivity contribution in [2.24, 2.45) is 0 Å². The van der Waals surface area contributed by atoms with E-state index in [1.807, 2.05) is 37.4 Å². The summed E-state index contributed by atoms with van der Waals surface area (Å²) in [4.78, 5) is 24.5. The molecule has 0 spiro atoms. The molecule has 2 N–H and O–H groups in total. The molecule has 162 valence electrons. The zero-order valence-electron chi connectivity index (χ0n) is 17.3. The molecule has 0 saturated carbocycles. The number of hydrogen-bond acceptors (Lipinski definition) is 4. The van der Waals surface area contributed by atoms with Crippen LogP contribution in [0.5, 0.6) is 0 Å². The van der Waals surface area contributed by atoms with Crippen molar-refractivity contribution < 1.29 is 14.0 Å². The number of hydrogen-bond donors (Lipinski definition) is 2. The molecule has 0 unspecified atom stereocenters. The van der Waals surface area contributed by atoms with E-state index in [1.54, 1.807) is 16.9 Å². The summed E-state index contributed by atoms with van der Waals surface area (Å²) in [6.45, 7) is 2.31. The van der Waals surface area contributed by atoms with Crippen LogP contribution < -0.4 is 10.6 Å². The van der Waals surface area contributed by atoms with Crippen molar-refractivity contribution >= 4 is 17.5 Å². The molecule has 0 aliphatic rings. The Morgan fingerprint density at radius 3 is 2.59 bits per heavy atom. The molecule has 0 bridgehead atoms. The highest BCUT2D eigenvalue weighted by Gasteiger charge is 2.13. The van der Waals surface area contributed by atoms with Gasteiger partial charge in [-0.1, -0.05) is 30.3 Å². The Hall–Kier alpha value is -4.27. The molecule has 4 aromatic rings. The predicted molar refractivity (Wildman–Crippen MR) is 117 cm³/mol. The molecule has 0 aliphatic heterocycles. The molecule has 2 heterocycles. The van der Waals surface area contributed by atoms with Gasteiger partial charge < -0.3 is 10.6 Å². The van der Waals surface area contributed by atoms with Crippen LogP contribution in [0.4, 0.5) is 10.1 Å². The molecule has 8 nitrogen and oxygen atoms in total. The van der Waals surface area contributed by atoms with Crippen LogP contribution in [-0.2, 0) is 17.9 Å². The standard InChI is InChI=1S/C23H21FN6O2/c1-16-6-2-5-9-21(16)30-13-17(11-27-30)10-25-22(31)15-29-14-18(12-26-29)28-23(32)19-7-3-4-8-20(19)24/h2-9,11-14H,10,15H2,1H3,(H,25,31)(H,28,32). The van der Waals surface area contributed by atoms with Gasteiger partial charge in [-0.15, -0.1) is 0 Å². The Balaban J connectivity index is 1.30. The largest absolute Gasteiger partial charge is 0.350 e. The lowest BCUT2D eigenvalue weighted by atomic mass is 10.2. The average Bonchev–Trinajstić information content (AvgIpc) is 3.42. The quantitative estimate of drug-likeness (QED) is 0.469. The molecule has 0 atom stereocenters. The van der Waals surface area contributed by atoms with Gasteiger partial charge in [0.15, 0.2) is 0 Å². The van der Waals surface area contributed by atoms with E-state index < -0.39 is 11.7 Å². The maximum absolute atomic E-state index is 13.7. The Kier molecular flexibility index (Phi) is 6.07. The third-order valence-electron chi connectivity index (χ3n) is 4.80. The highest BCUT2D eigenvalue weighted by Crippen LogP contribution is 2.13. The number of nitrogens with zero attached hydrogens (tertiary/aromatic N) is 4. The smallest absolute Gasteiger partial charge is 0.258 e. The minimum absolute atomic E-state index is 0.0263. The van der Waals surface area contributed by atoms with Crippen LogP contribution in [0.15, 0.2) is 73.3 Å². The number of aryl methyl sites for hydroxylation is 1. The van der Waals surface area contributed by atoms with Gasteiger partial charge in [-0.25, -0.2) is 9.07 Å². The number of carbonyl (C=O) groups is 2. The van der Waals surface area contributed by atoms with Crippen LogP contribution in [0, 0.1) is 12.7 Å². The summed E-state index contributed by atoms with van der Waals surface area (Å²) >= 11 is 0. The van der Waals surface area contributed by atoms with E-state index in [9.17, 15) is 14.0 Å². The molecule has 0 aliphatic carbocycles. The molecule has 0 saturated heterocycles. The first-order valence-electron chi connectivity index (χ1n) is 9.94. The van der Waals surface area contributed by atoms with Crippen LogP contribution in [0.3, 0.4) is 0 Å². The normalized spacial score (nSPS) is 10.7. The van der Waals surface area contributed by atoms with Crippen LogP contribution in [0.1, 0.15) is 21.5 Å². The van der Waals surface area contributed by atoms with Crippen molar-refractivity contribution in [2.45, 2.75) is 20.0 Å². The van der Waals surface area contributed by atoms with Gasteiger partial charge >= 0.3 is 0 Å². The lowest BCUT2D eigenvalue weighted by Gasteiger charge is -2.05. The number of benzene rings is 2. The number of carbonyl (C=O) groups excluding carboxylic acids is 2. The molecular formula is C23H21FN6O2. The first kappa shape index (κ1) is 21.0. The van der Waals surface area contributed by atoms with Crippen molar-refractivity contribution in [3.05, 3.63) is 95.8 Å². The summed E-state index contributed by atoms with van der Waals surface area (Å²) in [5, 5.41) is 13.8. The van der Waals surface area contributed by atoms with Gasteiger partial charge in [0.05, 0.1) is 29.3 Å². The van der Waals surface area contributed by atoms with E-state index in [-0.39, 0.29) is 18.0 Å². The fraction of sp³-hybridized carbons (Fsp3) is 0.130. The van der Waals surface area contributed by atoms with Gasteiger partial charge in [0.2, 0.25) is 5.91 Å². The average molecular weight is 432 g/mol. The third-order valence-corrected chi connectivity index (χ3v) is 4.80. The summed E-state index contributed by atoms with van der Waals surface area (Å²) in [6.07, 6.45) is 6.48. The van der Waals surface area contributed by atoms with Crippen LogP contribution in [0.2, 0.25) is 0 Å². The van der Waals surface area contributed by atoms with Crippen molar-refractivity contribution in [2.75, 3.05) is 5.32 Å². The zero-order chi connectivity index (χ0) is 22.5. The summed E-state index contributed by atoms with van der Waals surface area (Å²) in [7, 11) is 0. The number of halogens is 1. The monoisotopic (exact) mass is 432 g/mol. The summed E-state index contributed by atoms with van der Waals surface area (Å²) in [6, 6.07) is 13.6. The van der Waals surface area contributed by atoms with Crippen molar-refractivity contribution in [3.8, 4) is 5.69 Å². The van der Waals surface area contributed by atoms with E-state index >= 15 is 0 Å². The van der Waals surface area contributed by atoms with E-state index in [0.717, 1.165) is 16.8 Å². The second-order valence-corrected chi connectivity index (χ2v) is 7.22. The molecule has 9 heteroatoms. The second-order valence-electron chi connectivity index (χ2n) is 7.22. The summed E-state index contributed by atoms with van der Waals surface area (Å²) < 4.78 is 16.9. The Morgan fingerprint density at radius 2 is 1.78 bits per heavy atom. The maximum Gasteiger partial charge on any atom is 0.258 e. The third kappa shape index (κ3) is 4.89. The number of nitrogens with one attached hydrogen (secondary N) is 2. The Labute approximate surface area is 183 Å². The fourth-order valence-corrected chi connectivity index (χ4v) is 3.17. The molecule has 0 radical (unpaired) electrons. The van der Waals surface area contributed by atoms with E-state index in [2.05, 4.69) is 20.8 Å². The Bertz CT molecular complexity index is 1260. The first-order valence-corrected chi connectivity index (χ1v) is 9.94. The topological polar surface area (TPSA) is 93.8 Å². The minimum Gasteiger partial charge on any atom is -0.350 e. The minimum atomic E-state index is -0.609. The van der Waals surface area contributed by atoms with Crippen LogP contribution in [0.25, 0.3) is 5.69 Å². The number of rotatable bonds is 7. The molecule has 0 fully saturated rings. The lowest BCUT2D eigenvalue weighted by Crippen LogP contribution is -2.27. The zero-order valence-corrected chi connectivity index (χ0v) is 17.3. The van der Waals surface area contributed by atoms with E-state index in [4.69, 9.17) is 0 Å². The first-order chi connectivity index (χ1) is 15.5. The maximum atomic E-state index is 13.7. The van der Waals surface area contributed by atoms with Crippen LogP contribution in [-0.4, -0.2) is 31.4 Å². The highest BCUT2D eigenvalue weighted by atomic mass is 19.1. The molecule has 2 aromatic heterocycles. The molecule has 2 aromatic carbocycles. The van der Waals surface area contributed by atoms with Gasteiger partial charge in [-0.2, -0.15) is 10.2 Å². The number of aromatic nitrogens is 4. The Morgan fingerprint density at radius 1 is 1.00 bits per heavy atom. The van der Waals surface area contributed by atoms with Gasteiger partial charge in [-0.3, -0.25) is 14.3 Å². The van der Waals surface area contributed by atoms with Crippen molar-refractivity contribution in [3.63, 3.8) is 0 Å². The second kappa shape index (κ2) is 9.25. The summed E-state index contributed by atoms with van der Waals surface area (Å²) in [5.41, 5.74) is 3.24. The number of amides is 2. The number of anilines is 1. The predicted octanol–water partition coefficient (Wildman–Crippen LogP) is 3.09. The fourth-order valence-electron chi connectivity index (χ4n) is 3.17. The van der Waals surface area contributed by atoms with E-state index in [1.165, 1.54) is 35.3 Å². The highest BCUT2D eigenvalue weighted by molar-refractivity contribution is 6.04. The molecule has 32 heavy (non-hydrogen) atoms. The van der Waals surface area contributed by atoms with Gasteiger partial charge in [0.25, 0.3) is 5.91 Å². The van der Waals surface area contributed by atoms with E-state index in [0.29, 0.717) is 12.2 Å².